The van der Waals surface area contributed by atoms with Crippen molar-refractivity contribution in [2.24, 2.45) is 5.92 Å². The number of rotatable bonds is 5. The molecule has 0 spiro atoms. The summed E-state index contributed by atoms with van der Waals surface area (Å²) < 4.78 is 85.7. The van der Waals surface area contributed by atoms with Crippen LogP contribution in [0.4, 0.5) is 38.0 Å². The molecule has 1 fully saturated rings. The molecule has 174 valence electrons. The summed E-state index contributed by atoms with van der Waals surface area (Å²) in [5.74, 6) is -1.68. The highest BCUT2D eigenvalue weighted by Gasteiger charge is 2.39. The Morgan fingerprint density at radius 1 is 1.12 bits per heavy atom. The van der Waals surface area contributed by atoms with Crippen molar-refractivity contribution < 1.29 is 35.9 Å². The van der Waals surface area contributed by atoms with Crippen molar-refractivity contribution >= 4 is 33.5 Å². The van der Waals surface area contributed by atoms with Crippen LogP contribution >= 0.6 is 15.9 Å². The first kappa shape index (κ1) is 24.2. The van der Waals surface area contributed by atoms with Crippen LogP contribution in [-0.2, 0) is 17.1 Å². The van der Waals surface area contributed by atoms with Crippen molar-refractivity contribution in [3.05, 3.63) is 45.7 Å². The van der Waals surface area contributed by atoms with Gasteiger partial charge in [-0.2, -0.15) is 26.3 Å². The maximum Gasteiger partial charge on any atom is 0.434 e. The van der Waals surface area contributed by atoms with Gasteiger partial charge in [-0.25, -0.2) is 9.97 Å². The normalized spacial score (nSPS) is 15.5. The Bertz CT molecular complexity index is 977. The molecule has 1 aliphatic rings. The third-order valence-corrected chi connectivity index (χ3v) is 5.22. The number of aromatic nitrogens is 2. The number of alkyl halides is 6. The Morgan fingerprint density at radius 3 is 2.44 bits per heavy atom. The molecule has 2 heterocycles. The van der Waals surface area contributed by atoms with Gasteiger partial charge in [-0.15, -0.1) is 0 Å². The van der Waals surface area contributed by atoms with Crippen LogP contribution in [-0.4, -0.2) is 35.6 Å². The second-order valence-corrected chi connectivity index (χ2v) is 7.95. The first-order valence-electron chi connectivity index (χ1n) is 9.39. The second kappa shape index (κ2) is 9.61. The molecule has 3 rings (SSSR count). The first-order chi connectivity index (χ1) is 14.9. The van der Waals surface area contributed by atoms with Gasteiger partial charge in [0.1, 0.15) is 0 Å². The number of nitrogens with one attached hydrogen (secondary N) is 2. The lowest BCUT2D eigenvalue weighted by molar-refractivity contribution is -0.141. The summed E-state index contributed by atoms with van der Waals surface area (Å²) in [4.78, 5) is 19.3. The Morgan fingerprint density at radius 2 is 1.81 bits per heavy atom. The number of ether oxygens (including phenoxy) is 1. The van der Waals surface area contributed by atoms with Gasteiger partial charge in [-0.3, -0.25) is 4.79 Å². The molecule has 13 heteroatoms. The lowest BCUT2D eigenvalue weighted by Crippen LogP contribution is -2.33. The van der Waals surface area contributed by atoms with E-state index < -0.39 is 46.7 Å². The van der Waals surface area contributed by atoms with Crippen molar-refractivity contribution in [3.63, 3.8) is 0 Å². The Labute approximate surface area is 186 Å². The molecule has 1 aromatic heterocycles. The fraction of sp³-hybridized carbons (Fsp3) is 0.421. The highest BCUT2D eigenvalue weighted by molar-refractivity contribution is 9.10. The molecular weight excluding hydrogens is 510 g/mol. The van der Waals surface area contributed by atoms with Crippen LogP contribution in [0.3, 0.4) is 0 Å². The van der Waals surface area contributed by atoms with Crippen LogP contribution in [0.1, 0.15) is 34.5 Å². The van der Waals surface area contributed by atoms with Crippen molar-refractivity contribution in [2.45, 2.75) is 25.2 Å². The Hall–Kier alpha value is -2.41. The molecule has 2 aromatic rings. The maximum atomic E-state index is 13.5. The molecule has 2 N–H and O–H groups in total. The Balaban J connectivity index is 1.85. The fourth-order valence-corrected chi connectivity index (χ4v) is 3.45. The van der Waals surface area contributed by atoms with E-state index in [0.29, 0.717) is 32.3 Å². The van der Waals surface area contributed by atoms with Gasteiger partial charge in [0.2, 0.25) is 5.95 Å². The molecule has 1 saturated heterocycles. The second-order valence-electron chi connectivity index (χ2n) is 7.03. The fourth-order valence-electron chi connectivity index (χ4n) is 3.09. The number of hydrogen-bond donors (Lipinski definition) is 2. The predicted molar refractivity (Wildman–Crippen MR) is 105 cm³/mol. The standard InChI is InChI=1S/C19H17BrF6N4O2/c20-11-1-2-14(13(7-11)18(21,22)23)29-17-28-9-12(15(30-17)19(24,25)26)16(31)27-8-10-3-5-32-6-4-10/h1-2,7,9-10H,3-6,8H2,(H,27,31)(H,28,29,30). The molecule has 1 amide bonds. The van der Waals surface area contributed by atoms with Crippen molar-refractivity contribution in [1.29, 1.82) is 0 Å². The zero-order valence-electron chi connectivity index (χ0n) is 16.3. The number of anilines is 2. The van der Waals surface area contributed by atoms with E-state index in [-0.39, 0.29) is 16.9 Å². The number of benzene rings is 1. The van der Waals surface area contributed by atoms with E-state index in [0.717, 1.165) is 12.1 Å². The number of amides is 1. The molecule has 0 aliphatic carbocycles. The molecule has 6 nitrogen and oxygen atoms in total. The summed E-state index contributed by atoms with van der Waals surface area (Å²) in [6, 6.07) is 3.07. The Kier molecular flexibility index (Phi) is 7.28. The van der Waals surface area contributed by atoms with E-state index in [9.17, 15) is 31.1 Å². The summed E-state index contributed by atoms with van der Waals surface area (Å²) in [6.45, 7) is 1.18. The number of halogens is 7. The third kappa shape index (κ3) is 6.09. The highest BCUT2D eigenvalue weighted by Crippen LogP contribution is 2.38. The van der Waals surface area contributed by atoms with Gasteiger partial charge in [0.25, 0.3) is 5.91 Å². The molecule has 0 bridgehead atoms. The summed E-state index contributed by atoms with van der Waals surface area (Å²) in [6.07, 6.45) is -7.83. The van der Waals surface area contributed by atoms with Gasteiger partial charge in [-0.1, -0.05) is 15.9 Å². The first-order valence-corrected chi connectivity index (χ1v) is 10.2. The van der Waals surface area contributed by atoms with Gasteiger partial charge in [0, 0.05) is 30.4 Å². The molecule has 1 aromatic carbocycles. The van der Waals surface area contributed by atoms with Crippen LogP contribution < -0.4 is 10.6 Å². The minimum absolute atomic E-state index is 0.0714. The number of hydrogen-bond acceptors (Lipinski definition) is 5. The monoisotopic (exact) mass is 526 g/mol. The molecule has 32 heavy (non-hydrogen) atoms. The molecule has 0 saturated carbocycles. The summed E-state index contributed by atoms with van der Waals surface area (Å²) in [5.41, 5.74) is -4.03. The zero-order valence-corrected chi connectivity index (χ0v) is 17.9. The summed E-state index contributed by atoms with van der Waals surface area (Å²) in [7, 11) is 0. The van der Waals surface area contributed by atoms with Crippen LogP contribution in [0, 0.1) is 5.92 Å². The quantitative estimate of drug-likeness (QED) is 0.525. The lowest BCUT2D eigenvalue weighted by atomic mass is 10.0. The summed E-state index contributed by atoms with van der Waals surface area (Å²) >= 11 is 2.92. The SMILES string of the molecule is O=C(NCC1CCOCC1)c1cnc(Nc2ccc(Br)cc2C(F)(F)F)nc1C(F)(F)F. The van der Waals surface area contributed by atoms with Gasteiger partial charge in [-0.05, 0) is 37.0 Å². The highest BCUT2D eigenvalue weighted by atomic mass is 79.9. The minimum atomic E-state index is -5.03. The molecular formula is C19H17BrF6N4O2. The number of carbonyl (C=O) groups excluding carboxylic acids is 1. The minimum Gasteiger partial charge on any atom is -0.381 e. The van der Waals surface area contributed by atoms with Crippen molar-refractivity contribution in [1.82, 2.24) is 15.3 Å². The van der Waals surface area contributed by atoms with E-state index in [1.54, 1.807) is 0 Å². The van der Waals surface area contributed by atoms with E-state index in [4.69, 9.17) is 4.74 Å². The average molecular weight is 527 g/mol. The molecule has 0 atom stereocenters. The largest absolute Gasteiger partial charge is 0.434 e. The lowest BCUT2D eigenvalue weighted by Gasteiger charge is -2.22. The average Bonchev–Trinajstić information content (AvgIpc) is 2.72. The maximum absolute atomic E-state index is 13.5. The topological polar surface area (TPSA) is 76.1 Å². The zero-order chi connectivity index (χ0) is 23.5. The van der Waals surface area contributed by atoms with E-state index >= 15 is 0 Å². The summed E-state index contributed by atoms with van der Waals surface area (Å²) in [5, 5.41) is 4.60. The predicted octanol–water partition coefficient (Wildman–Crippen LogP) is 5.18. The van der Waals surface area contributed by atoms with E-state index in [1.165, 1.54) is 6.07 Å². The smallest absolute Gasteiger partial charge is 0.381 e. The van der Waals surface area contributed by atoms with Gasteiger partial charge < -0.3 is 15.4 Å². The molecule has 0 unspecified atom stereocenters. The van der Waals surface area contributed by atoms with Crippen LogP contribution in [0.2, 0.25) is 0 Å². The van der Waals surface area contributed by atoms with E-state index in [2.05, 4.69) is 36.5 Å². The van der Waals surface area contributed by atoms with Gasteiger partial charge >= 0.3 is 12.4 Å². The van der Waals surface area contributed by atoms with Gasteiger partial charge in [0.05, 0.1) is 16.8 Å². The third-order valence-electron chi connectivity index (χ3n) is 4.73. The molecule has 0 radical (unpaired) electrons. The van der Waals surface area contributed by atoms with Crippen LogP contribution in [0.25, 0.3) is 0 Å². The van der Waals surface area contributed by atoms with E-state index in [1.807, 2.05) is 0 Å². The van der Waals surface area contributed by atoms with Crippen molar-refractivity contribution in [2.75, 3.05) is 25.1 Å². The van der Waals surface area contributed by atoms with Crippen LogP contribution in [0.5, 0.6) is 0 Å². The van der Waals surface area contributed by atoms with Gasteiger partial charge in [0.15, 0.2) is 5.69 Å². The number of carbonyl (C=O) groups is 1. The molecule has 1 aliphatic heterocycles. The van der Waals surface area contributed by atoms with Crippen molar-refractivity contribution in [3.8, 4) is 0 Å². The number of nitrogens with zero attached hydrogens (tertiary/aromatic N) is 2. The van der Waals surface area contributed by atoms with Crippen LogP contribution in [0.15, 0.2) is 28.9 Å².